The normalized spacial score (nSPS) is 18.5. The van der Waals surface area contributed by atoms with Crippen LogP contribution in [0.1, 0.15) is 62.8 Å². The first-order chi connectivity index (χ1) is 19.9. The molecule has 4 atom stereocenters. The van der Waals surface area contributed by atoms with E-state index in [-0.39, 0.29) is 40.7 Å². The summed E-state index contributed by atoms with van der Waals surface area (Å²) in [6.45, 7) is 8.89. The van der Waals surface area contributed by atoms with Crippen LogP contribution in [0.5, 0.6) is 0 Å². The predicted molar refractivity (Wildman–Crippen MR) is 154 cm³/mol. The Balaban J connectivity index is 0.000000293. The third kappa shape index (κ3) is 11.1. The second-order valence-corrected chi connectivity index (χ2v) is 11.8. The van der Waals surface area contributed by atoms with E-state index in [0.29, 0.717) is 38.8 Å². The van der Waals surface area contributed by atoms with Gasteiger partial charge in [0.05, 0.1) is 36.1 Å². The van der Waals surface area contributed by atoms with Crippen LogP contribution < -0.4 is 31.5 Å². The quantitative estimate of drug-likeness (QED) is 0.263. The van der Waals surface area contributed by atoms with Crippen molar-refractivity contribution in [2.24, 2.45) is 11.8 Å². The summed E-state index contributed by atoms with van der Waals surface area (Å²) in [5, 5.41) is 33.7. The molecule has 4 N–H and O–H groups in total. The van der Waals surface area contributed by atoms with Crippen LogP contribution in [0.15, 0.2) is 48.5 Å². The summed E-state index contributed by atoms with van der Waals surface area (Å²) in [4.78, 5) is 46.7. The van der Waals surface area contributed by atoms with Crippen LogP contribution in [-0.2, 0) is 62.2 Å². The summed E-state index contributed by atoms with van der Waals surface area (Å²) in [5.41, 5.74) is 4.62. The Bertz CT molecular complexity index is 1160. The molecule has 0 aromatic heterocycles. The monoisotopic (exact) mass is 641 g/mol. The number of fused-ring (bicyclic) bond motifs is 2. The van der Waals surface area contributed by atoms with Gasteiger partial charge in [-0.15, -0.1) is 0 Å². The van der Waals surface area contributed by atoms with Crippen LogP contribution in [0.4, 0.5) is 0 Å². The molecular weight excluding hydrogens is 600 g/mol. The van der Waals surface area contributed by atoms with Crippen LogP contribution in [-0.4, -0.2) is 47.9 Å². The fraction of sp³-hybridized carbons (Fsp3) is 0.500. The first kappa shape index (κ1) is 36.0. The molecule has 1 radical (unpaired) electrons. The van der Waals surface area contributed by atoms with E-state index < -0.39 is 36.1 Å². The number of hydrogen-bond acceptors (Lipinski definition) is 8. The van der Waals surface area contributed by atoms with Gasteiger partial charge in [-0.05, 0) is 59.8 Å². The first-order valence-corrected chi connectivity index (χ1v) is 14.6. The van der Waals surface area contributed by atoms with Crippen molar-refractivity contribution in [3.8, 4) is 0 Å². The van der Waals surface area contributed by atoms with Crippen molar-refractivity contribution < 1.29 is 46.5 Å². The van der Waals surface area contributed by atoms with Crippen molar-refractivity contribution in [2.75, 3.05) is 0 Å². The minimum Gasteiger partial charge on any atom is -0.548 e. The van der Waals surface area contributed by atoms with Gasteiger partial charge in [0.25, 0.3) is 0 Å². The Morgan fingerprint density at radius 2 is 1.00 bits per heavy atom. The summed E-state index contributed by atoms with van der Waals surface area (Å²) in [6, 6.07) is 13.2. The maximum Gasteiger partial charge on any atom is 2.00 e. The second-order valence-electron chi connectivity index (χ2n) is 11.8. The van der Waals surface area contributed by atoms with E-state index in [1.165, 1.54) is 11.1 Å². The van der Waals surface area contributed by atoms with Gasteiger partial charge in [0, 0.05) is 13.1 Å². The number of carboxylic acid groups (broad SMARTS) is 2. The predicted octanol–water partition coefficient (Wildman–Crippen LogP) is -0.0391. The number of amides is 2. The van der Waals surface area contributed by atoms with Gasteiger partial charge >= 0.3 is 17.1 Å². The van der Waals surface area contributed by atoms with Gasteiger partial charge in [0.1, 0.15) is 0 Å². The van der Waals surface area contributed by atoms with Crippen molar-refractivity contribution in [1.82, 2.24) is 21.3 Å². The molecular formula is C32H42CuN4O6. The third-order valence-electron chi connectivity index (χ3n) is 7.41. The zero-order valence-corrected chi connectivity index (χ0v) is 26.0. The Morgan fingerprint density at radius 3 is 1.30 bits per heavy atom. The minimum absolute atomic E-state index is 0. The summed E-state index contributed by atoms with van der Waals surface area (Å²) in [5.74, 6) is -2.67. The van der Waals surface area contributed by atoms with Gasteiger partial charge in [0.2, 0.25) is 11.8 Å². The molecule has 237 valence electrons. The molecule has 0 bridgehead atoms. The molecule has 2 heterocycles. The molecule has 10 nitrogen and oxygen atoms in total. The SMILES string of the molecule is CC(C)CC(NC(=O)[C@@H]1Cc2ccccc2CN1)C(=O)[O-].CC(C)CC(NC(=O)[C@@H]1Cc2ccccc2CN1)C(=O)[O-].[Cu+2]. The maximum atomic E-state index is 12.2. The molecule has 0 spiro atoms. The van der Waals surface area contributed by atoms with E-state index in [1.54, 1.807) is 0 Å². The molecule has 43 heavy (non-hydrogen) atoms. The van der Waals surface area contributed by atoms with Gasteiger partial charge in [-0.1, -0.05) is 76.2 Å². The van der Waals surface area contributed by atoms with Crippen LogP contribution in [0.25, 0.3) is 0 Å². The van der Waals surface area contributed by atoms with E-state index in [4.69, 9.17) is 0 Å². The molecule has 2 aliphatic heterocycles. The largest absolute Gasteiger partial charge is 2.00 e. The number of rotatable bonds is 10. The average molecular weight is 642 g/mol. The first-order valence-electron chi connectivity index (χ1n) is 14.6. The van der Waals surface area contributed by atoms with E-state index in [1.807, 2.05) is 76.2 Å². The van der Waals surface area contributed by atoms with Crippen molar-refractivity contribution in [3.63, 3.8) is 0 Å². The van der Waals surface area contributed by atoms with E-state index in [2.05, 4.69) is 21.3 Å². The molecule has 2 amide bonds. The Kier molecular flexibility index (Phi) is 14.3. The summed E-state index contributed by atoms with van der Waals surface area (Å²) in [6.07, 6.45) is 1.89. The van der Waals surface area contributed by atoms with Crippen LogP contribution in [0.3, 0.4) is 0 Å². The second kappa shape index (κ2) is 17.2. The molecule has 2 aliphatic rings. The minimum atomic E-state index is -1.23. The number of nitrogens with one attached hydrogen (secondary N) is 4. The number of hydrogen-bond donors (Lipinski definition) is 4. The van der Waals surface area contributed by atoms with Crippen molar-refractivity contribution in [2.45, 2.75) is 90.6 Å². The molecule has 2 aromatic carbocycles. The number of carbonyl (C=O) groups excluding carboxylic acids is 4. The third-order valence-corrected chi connectivity index (χ3v) is 7.41. The molecule has 0 aliphatic carbocycles. The van der Waals surface area contributed by atoms with Gasteiger partial charge < -0.3 is 41.1 Å². The number of benzene rings is 2. The van der Waals surface area contributed by atoms with Crippen LogP contribution >= 0.6 is 0 Å². The van der Waals surface area contributed by atoms with Crippen molar-refractivity contribution in [1.29, 1.82) is 0 Å². The van der Waals surface area contributed by atoms with Gasteiger partial charge in [-0.25, -0.2) is 0 Å². The van der Waals surface area contributed by atoms with Gasteiger partial charge in [-0.3, -0.25) is 9.59 Å². The van der Waals surface area contributed by atoms with Gasteiger partial charge in [-0.2, -0.15) is 0 Å². The Hall–Kier alpha value is -3.24. The molecule has 11 heteroatoms. The number of carboxylic acids is 2. The molecule has 2 unspecified atom stereocenters. The zero-order chi connectivity index (χ0) is 30.8. The van der Waals surface area contributed by atoms with E-state index >= 15 is 0 Å². The van der Waals surface area contributed by atoms with Crippen LogP contribution in [0, 0.1) is 11.8 Å². The van der Waals surface area contributed by atoms with E-state index in [0.717, 1.165) is 11.1 Å². The molecule has 0 saturated carbocycles. The summed E-state index contributed by atoms with van der Waals surface area (Å²) in [7, 11) is 0. The number of carbonyl (C=O) groups is 4. The molecule has 0 saturated heterocycles. The fourth-order valence-electron chi connectivity index (χ4n) is 5.20. The topological polar surface area (TPSA) is 163 Å². The van der Waals surface area contributed by atoms with Crippen molar-refractivity contribution >= 4 is 23.8 Å². The summed E-state index contributed by atoms with van der Waals surface area (Å²) >= 11 is 0. The van der Waals surface area contributed by atoms with Crippen molar-refractivity contribution in [3.05, 3.63) is 70.8 Å². The summed E-state index contributed by atoms with van der Waals surface area (Å²) < 4.78 is 0. The zero-order valence-electron chi connectivity index (χ0n) is 25.1. The average Bonchev–Trinajstić information content (AvgIpc) is 2.95. The fourth-order valence-corrected chi connectivity index (χ4v) is 5.20. The molecule has 4 rings (SSSR count). The molecule has 0 fully saturated rings. The standard InChI is InChI=1S/2C16H22N2O3.Cu/c2*1-10(2)7-14(16(20)21)18-15(19)13-8-11-5-3-4-6-12(11)9-17-13;/h2*3-6,10,13-14,17H,7-9H2,1-2H3,(H,18,19)(H,20,21);/q;;+2/p-2/t2*13-,14?;/m00./s1. The molecule has 2 aromatic rings. The van der Waals surface area contributed by atoms with Gasteiger partial charge in [0.15, 0.2) is 0 Å². The van der Waals surface area contributed by atoms with E-state index in [9.17, 15) is 29.4 Å². The van der Waals surface area contributed by atoms with Crippen LogP contribution in [0.2, 0.25) is 0 Å². The Morgan fingerprint density at radius 1 is 0.674 bits per heavy atom. The Labute approximate surface area is 264 Å². The number of aliphatic carboxylic acids is 2. The maximum absolute atomic E-state index is 12.2. The smallest absolute Gasteiger partial charge is 0.548 e.